The SMILES string of the molecule is CCCSCCn1c(=N)sc2cc(OC(F)(F)F)ccc21.Cl. The molecular weight excluding hydrogens is 357 g/mol. The lowest BCUT2D eigenvalue weighted by molar-refractivity contribution is -0.274. The van der Waals surface area contributed by atoms with E-state index in [-0.39, 0.29) is 18.2 Å². The number of fused-ring (bicyclic) bond motifs is 1. The van der Waals surface area contributed by atoms with Crippen molar-refractivity contribution in [2.75, 3.05) is 11.5 Å². The average molecular weight is 373 g/mol. The Morgan fingerprint density at radius 2 is 2.05 bits per heavy atom. The van der Waals surface area contributed by atoms with Crippen LogP contribution in [0.15, 0.2) is 18.2 Å². The van der Waals surface area contributed by atoms with Crippen LogP contribution in [0.2, 0.25) is 0 Å². The molecule has 0 aliphatic rings. The highest BCUT2D eigenvalue weighted by Crippen LogP contribution is 2.27. The fraction of sp³-hybridized carbons (Fsp3) is 0.462. The monoisotopic (exact) mass is 372 g/mol. The number of thioether (sulfide) groups is 1. The summed E-state index contributed by atoms with van der Waals surface area (Å²) in [4.78, 5) is 0.339. The van der Waals surface area contributed by atoms with E-state index in [0.29, 0.717) is 16.0 Å². The van der Waals surface area contributed by atoms with Crippen molar-refractivity contribution in [1.29, 1.82) is 5.41 Å². The zero-order valence-corrected chi connectivity index (χ0v) is 14.2. The zero-order chi connectivity index (χ0) is 15.5. The Bertz CT molecular complexity index is 669. The van der Waals surface area contributed by atoms with Crippen LogP contribution in [0.3, 0.4) is 0 Å². The molecular formula is C13H16ClF3N2OS2. The van der Waals surface area contributed by atoms with Gasteiger partial charge in [0.05, 0.1) is 10.2 Å². The number of nitrogens with one attached hydrogen (secondary N) is 1. The van der Waals surface area contributed by atoms with Crippen molar-refractivity contribution in [3.8, 4) is 5.75 Å². The molecule has 9 heteroatoms. The number of hydrogen-bond donors (Lipinski definition) is 1. The number of benzene rings is 1. The fourth-order valence-corrected chi connectivity index (χ4v) is 3.66. The van der Waals surface area contributed by atoms with Crippen LogP contribution in [-0.4, -0.2) is 22.4 Å². The van der Waals surface area contributed by atoms with Gasteiger partial charge in [0.15, 0.2) is 4.80 Å². The molecule has 0 bridgehead atoms. The van der Waals surface area contributed by atoms with E-state index in [9.17, 15) is 13.2 Å². The minimum Gasteiger partial charge on any atom is -0.406 e. The van der Waals surface area contributed by atoms with Gasteiger partial charge >= 0.3 is 6.36 Å². The van der Waals surface area contributed by atoms with Crippen LogP contribution < -0.4 is 9.54 Å². The van der Waals surface area contributed by atoms with Gasteiger partial charge in [0, 0.05) is 12.3 Å². The molecule has 1 aromatic heterocycles. The maximum Gasteiger partial charge on any atom is 0.573 e. The van der Waals surface area contributed by atoms with Gasteiger partial charge in [-0.15, -0.1) is 25.6 Å². The molecule has 0 unspecified atom stereocenters. The van der Waals surface area contributed by atoms with E-state index in [1.165, 1.54) is 12.1 Å². The summed E-state index contributed by atoms with van der Waals surface area (Å²) in [6.45, 7) is 2.79. The van der Waals surface area contributed by atoms with Crippen molar-refractivity contribution < 1.29 is 17.9 Å². The van der Waals surface area contributed by atoms with Gasteiger partial charge in [-0.1, -0.05) is 18.3 Å². The van der Waals surface area contributed by atoms with Crippen LogP contribution in [0, 0.1) is 5.41 Å². The summed E-state index contributed by atoms with van der Waals surface area (Å²) >= 11 is 2.96. The van der Waals surface area contributed by atoms with Crippen LogP contribution in [0.4, 0.5) is 13.2 Å². The fourth-order valence-electron chi connectivity index (χ4n) is 1.89. The maximum absolute atomic E-state index is 12.2. The van der Waals surface area contributed by atoms with Crippen LogP contribution in [-0.2, 0) is 6.54 Å². The van der Waals surface area contributed by atoms with E-state index < -0.39 is 6.36 Å². The summed E-state index contributed by atoms with van der Waals surface area (Å²) in [7, 11) is 0. The Morgan fingerprint density at radius 3 is 2.68 bits per heavy atom. The molecule has 3 nitrogen and oxygen atoms in total. The van der Waals surface area contributed by atoms with Gasteiger partial charge in [-0.3, -0.25) is 5.41 Å². The van der Waals surface area contributed by atoms with Crippen LogP contribution in [0.1, 0.15) is 13.3 Å². The minimum atomic E-state index is -4.69. The molecule has 0 aliphatic heterocycles. The smallest absolute Gasteiger partial charge is 0.406 e. The van der Waals surface area contributed by atoms with Crippen molar-refractivity contribution >= 4 is 45.7 Å². The maximum atomic E-state index is 12.2. The molecule has 2 rings (SSSR count). The predicted molar refractivity (Wildman–Crippen MR) is 87.2 cm³/mol. The molecule has 2 aromatic rings. The Hall–Kier alpha value is -0.860. The van der Waals surface area contributed by atoms with Gasteiger partial charge < -0.3 is 9.30 Å². The Balaban J connectivity index is 0.00000242. The summed E-state index contributed by atoms with van der Waals surface area (Å²) in [6, 6.07) is 4.20. The molecule has 22 heavy (non-hydrogen) atoms. The first-order valence-corrected chi connectivity index (χ1v) is 8.39. The van der Waals surface area contributed by atoms with E-state index >= 15 is 0 Å². The third kappa shape index (κ3) is 5.10. The Morgan fingerprint density at radius 1 is 1.32 bits per heavy atom. The lowest BCUT2D eigenvalue weighted by Gasteiger charge is -2.09. The molecule has 1 N–H and O–H groups in total. The summed E-state index contributed by atoms with van der Waals surface area (Å²) in [5.41, 5.74) is 0.775. The number of aromatic nitrogens is 1. The number of aryl methyl sites for hydroxylation is 1. The highest BCUT2D eigenvalue weighted by Gasteiger charge is 2.31. The van der Waals surface area contributed by atoms with Crippen molar-refractivity contribution in [3.63, 3.8) is 0 Å². The first-order valence-electron chi connectivity index (χ1n) is 6.42. The number of nitrogens with zero attached hydrogens (tertiary/aromatic N) is 1. The third-order valence-corrected chi connectivity index (χ3v) is 4.84. The van der Waals surface area contributed by atoms with E-state index in [0.717, 1.165) is 34.8 Å². The molecule has 0 amide bonds. The quantitative estimate of drug-likeness (QED) is 0.750. The largest absolute Gasteiger partial charge is 0.573 e. The number of halogens is 4. The van der Waals surface area contributed by atoms with E-state index in [2.05, 4.69) is 11.7 Å². The highest BCUT2D eigenvalue weighted by atomic mass is 35.5. The van der Waals surface area contributed by atoms with Gasteiger partial charge in [0.1, 0.15) is 5.75 Å². The normalized spacial score (nSPS) is 11.5. The third-order valence-electron chi connectivity index (χ3n) is 2.72. The first-order chi connectivity index (χ1) is 9.90. The van der Waals surface area contributed by atoms with Crippen molar-refractivity contribution in [1.82, 2.24) is 4.57 Å². The number of thiazole rings is 1. The standard InChI is InChI=1S/C13H15F3N2OS2.ClH/c1-2-6-20-7-5-18-10-4-3-9(19-13(14,15)16)8-11(10)21-12(18)17;/h3-4,8,17H,2,5-7H2,1H3;1H. The lowest BCUT2D eigenvalue weighted by Crippen LogP contribution is -2.17. The number of alkyl halides is 3. The average Bonchev–Trinajstić information content (AvgIpc) is 2.68. The minimum absolute atomic E-state index is 0. The van der Waals surface area contributed by atoms with Gasteiger partial charge in [-0.2, -0.15) is 11.8 Å². The van der Waals surface area contributed by atoms with Gasteiger partial charge in [-0.25, -0.2) is 0 Å². The Kier molecular flexibility index (Phi) is 7.08. The molecule has 0 saturated carbocycles. The van der Waals surface area contributed by atoms with E-state index in [1.807, 2.05) is 4.57 Å². The van der Waals surface area contributed by atoms with Gasteiger partial charge in [-0.05, 0) is 30.4 Å². The van der Waals surface area contributed by atoms with Crippen molar-refractivity contribution in [2.24, 2.45) is 0 Å². The molecule has 0 saturated heterocycles. The number of hydrogen-bond acceptors (Lipinski definition) is 4. The topological polar surface area (TPSA) is 38.0 Å². The number of ether oxygens (including phenoxy) is 1. The molecule has 0 spiro atoms. The predicted octanol–water partition coefficient (Wildman–Crippen LogP) is 4.65. The second-order valence-corrected chi connectivity index (χ2v) is 6.60. The summed E-state index contributed by atoms with van der Waals surface area (Å²) in [5, 5.41) is 7.94. The molecule has 124 valence electrons. The van der Waals surface area contributed by atoms with Crippen LogP contribution >= 0.6 is 35.5 Å². The molecule has 1 heterocycles. The summed E-state index contributed by atoms with van der Waals surface area (Å²) < 4.78 is 43.0. The molecule has 0 radical (unpaired) electrons. The Labute approximate surface area is 140 Å². The van der Waals surface area contributed by atoms with E-state index in [1.54, 1.807) is 17.8 Å². The molecule has 0 fully saturated rings. The summed E-state index contributed by atoms with van der Waals surface area (Å²) in [5.74, 6) is 1.71. The van der Waals surface area contributed by atoms with E-state index in [4.69, 9.17) is 5.41 Å². The second-order valence-electron chi connectivity index (χ2n) is 4.35. The van der Waals surface area contributed by atoms with Gasteiger partial charge in [0.25, 0.3) is 0 Å². The van der Waals surface area contributed by atoms with Gasteiger partial charge in [0.2, 0.25) is 0 Å². The summed E-state index contributed by atoms with van der Waals surface area (Å²) in [6.07, 6.45) is -3.59. The zero-order valence-electron chi connectivity index (χ0n) is 11.8. The lowest BCUT2D eigenvalue weighted by atomic mass is 10.3. The number of rotatable bonds is 6. The molecule has 0 atom stereocenters. The molecule has 0 aliphatic carbocycles. The second kappa shape index (κ2) is 8.12. The highest BCUT2D eigenvalue weighted by molar-refractivity contribution is 7.99. The van der Waals surface area contributed by atoms with Crippen LogP contribution in [0.25, 0.3) is 10.2 Å². The van der Waals surface area contributed by atoms with Crippen molar-refractivity contribution in [2.45, 2.75) is 26.3 Å². The van der Waals surface area contributed by atoms with Crippen LogP contribution in [0.5, 0.6) is 5.75 Å². The molecule has 1 aromatic carbocycles. The van der Waals surface area contributed by atoms with Crippen molar-refractivity contribution in [3.05, 3.63) is 23.0 Å². The first kappa shape index (κ1) is 19.2.